The number of thiophene rings is 1. The first-order valence-electron chi connectivity index (χ1n) is 5.91. The van der Waals surface area contributed by atoms with Crippen LogP contribution in [0.2, 0.25) is 0 Å². The van der Waals surface area contributed by atoms with Crippen molar-refractivity contribution >= 4 is 17.1 Å². The number of aryl methyl sites for hydroxylation is 2. The van der Waals surface area contributed by atoms with Gasteiger partial charge in [-0.2, -0.15) is 0 Å². The van der Waals surface area contributed by atoms with Gasteiger partial charge >= 0.3 is 0 Å². The standard InChI is InChI=1S/C15H16O2S/c1-11-8-9-18-15(11)14(16)7-6-12-4-3-5-13(10-12)17-2/h3-5,8-10H,6-7H2,1-2H3. The van der Waals surface area contributed by atoms with Crippen LogP contribution in [0.4, 0.5) is 0 Å². The van der Waals surface area contributed by atoms with Crippen molar-refractivity contribution in [2.75, 3.05) is 7.11 Å². The van der Waals surface area contributed by atoms with E-state index < -0.39 is 0 Å². The highest BCUT2D eigenvalue weighted by atomic mass is 32.1. The van der Waals surface area contributed by atoms with Crippen LogP contribution >= 0.6 is 11.3 Å². The fourth-order valence-corrected chi connectivity index (χ4v) is 2.75. The van der Waals surface area contributed by atoms with E-state index in [1.54, 1.807) is 7.11 Å². The minimum absolute atomic E-state index is 0.227. The summed E-state index contributed by atoms with van der Waals surface area (Å²) >= 11 is 1.53. The maximum Gasteiger partial charge on any atom is 0.173 e. The molecule has 1 aromatic carbocycles. The Labute approximate surface area is 111 Å². The molecule has 0 fully saturated rings. The summed E-state index contributed by atoms with van der Waals surface area (Å²) in [6.07, 6.45) is 1.31. The Kier molecular flexibility index (Phi) is 4.15. The highest BCUT2D eigenvalue weighted by Gasteiger charge is 2.10. The van der Waals surface area contributed by atoms with Gasteiger partial charge in [0.25, 0.3) is 0 Å². The summed E-state index contributed by atoms with van der Waals surface area (Å²) in [6, 6.07) is 9.86. The highest BCUT2D eigenvalue weighted by Crippen LogP contribution is 2.19. The Bertz CT molecular complexity index is 543. The van der Waals surface area contributed by atoms with Gasteiger partial charge in [-0.1, -0.05) is 12.1 Å². The van der Waals surface area contributed by atoms with E-state index >= 15 is 0 Å². The maximum atomic E-state index is 12.0. The monoisotopic (exact) mass is 260 g/mol. The third-order valence-corrected chi connectivity index (χ3v) is 3.95. The van der Waals surface area contributed by atoms with Gasteiger partial charge in [0.05, 0.1) is 12.0 Å². The van der Waals surface area contributed by atoms with E-state index in [0.717, 1.165) is 28.2 Å². The lowest BCUT2D eigenvalue weighted by Crippen LogP contribution is -2.00. The van der Waals surface area contributed by atoms with E-state index in [1.807, 2.05) is 42.6 Å². The predicted octanol–water partition coefficient (Wildman–Crippen LogP) is 3.88. The van der Waals surface area contributed by atoms with Crippen molar-refractivity contribution in [1.82, 2.24) is 0 Å². The molecule has 0 spiro atoms. The molecule has 0 amide bonds. The molecule has 0 aliphatic heterocycles. The van der Waals surface area contributed by atoms with Gasteiger partial charge in [-0.25, -0.2) is 0 Å². The molecular weight excluding hydrogens is 244 g/mol. The molecular formula is C15H16O2S. The number of Topliss-reactive ketones (excluding diaryl/α,β-unsaturated/α-hetero) is 1. The maximum absolute atomic E-state index is 12.0. The van der Waals surface area contributed by atoms with Crippen molar-refractivity contribution in [3.05, 3.63) is 51.7 Å². The molecule has 2 nitrogen and oxygen atoms in total. The van der Waals surface area contributed by atoms with Crippen LogP contribution in [-0.4, -0.2) is 12.9 Å². The number of ether oxygens (including phenoxy) is 1. The van der Waals surface area contributed by atoms with Crippen LogP contribution in [0, 0.1) is 6.92 Å². The predicted molar refractivity (Wildman–Crippen MR) is 74.7 cm³/mol. The summed E-state index contributed by atoms with van der Waals surface area (Å²) in [6.45, 7) is 1.98. The lowest BCUT2D eigenvalue weighted by molar-refractivity contribution is 0.0986. The molecule has 0 bridgehead atoms. The molecule has 0 saturated heterocycles. The van der Waals surface area contributed by atoms with E-state index in [4.69, 9.17) is 4.74 Å². The number of carbonyl (C=O) groups excluding carboxylic acids is 1. The van der Waals surface area contributed by atoms with Gasteiger partial charge < -0.3 is 4.74 Å². The van der Waals surface area contributed by atoms with E-state index in [0.29, 0.717) is 6.42 Å². The molecule has 0 radical (unpaired) electrons. The van der Waals surface area contributed by atoms with Crippen LogP contribution in [-0.2, 0) is 6.42 Å². The molecule has 94 valence electrons. The van der Waals surface area contributed by atoms with Gasteiger partial charge in [-0.3, -0.25) is 4.79 Å². The third-order valence-electron chi connectivity index (χ3n) is 2.89. The van der Waals surface area contributed by atoms with Crippen molar-refractivity contribution in [3.63, 3.8) is 0 Å². The normalized spacial score (nSPS) is 10.3. The Morgan fingerprint density at radius 1 is 1.33 bits per heavy atom. The molecule has 0 unspecified atom stereocenters. The largest absolute Gasteiger partial charge is 0.497 e. The number of methoxy groups -OCH3 is 1. The molecule has 0 atom stereocenters. The zero-order valence-corrected chi connectivity index (χ0v) is 11.4. The van der Waals surface area contributed by atoms with E-state index in [1.165, 1.54) is 11.3 Å². The van der Waals surface area contributed by atoms with E-state index in [-0.39, 0.29) is 5.78 Å². The van der Waals surface area contributed by atoms with E-state index in [9.17, 15) is 4.79 Å². The first kappa shape index (κ1) is 12.8. The molecule has 2 rings (SSSR count). The second-order valence-corrected chi connectivity index (χ2v) is 5.12. The van der Waals surface area contributed by atoms with Crippen LogP contribution in [0.1, 0.15) is 27.2 Å². The number of ketones is 1. The number of hydrogen-bond acceptors (Lipinski definition) is 3. The average Bonchev–Trinajstić information content (AvgIpc) is 2.82. The lowest BCUT2D eigenvalue weighted by atomic mass is 10.1. The van der Waals surface area contributed by atoms with Crippen molar-refractivity contribution < 1.29 is 9.53 Å². The molecule has 0 aliphatic rings. The molecule has 2 aromatic rings. The van der Waals surface area contributed by atoms with Crippen molar-refractivity contribution in [3.8, 4) is 5.75 Å². The summed E-state index contributed by atoms with van der Waals surface area (Å²) in [5, 5.41) is 1.97. The van der Waals surface area contributed by atoms with Crippen molar-refractivity contribution in [2.24, 2.45) is 0 Å². The van der Waals surface area contributed by atoms with Gasteiger partial charge in [0.15, 0.2) is 5.78 Å². The minimum atomic E-state index is 0.227. The number of rotatable bonds is 5. The van der Waals surface area contributed by atoms with Gasteiger partial charge in [0.2, 0.25) is 0 Å². The smallest absolute Gasteiger partial charge is 0.173 e. The molecule has 1 aromatic heterocycles. The Morgan fingerprint density at radius 3 is 2.83 bits per heavy atom. The zero-order chi connectivity index (χ0) is 13.0. The van der Waals surface area contributed by atoms with Gasteiger partial charge in [-0.05, 0) is 48.1 Å². The molecule has 0 saturated carbocycles. The Balaban J connectivity index is 1.99. The second kappa shape index (κ2) is 5.83. The van der Waals surface area contributed by atoms with E-state index in [2.05, 4.69) is 0 Å². The van der Waals surface area contributed by atoms with Gasteiger partial charge in [-0.15, -0.1) is 11.3 Å². The van der Waals surface area contributed by atoms with Crippen LogP contribution in [0.5, 0.6) is 5.75 Å². The fraction of sp³-hybridized carbons (Fsp3) is 0.267. The van der Waals surface area contributed by atoms with Crippen molar-refractivity contribution in [2.45, 2.75) is 19.8 Å². The SMILES string of the molecule is COc1cccc(CCC(=O)c2sccc2C)c1. The molecule has 3 heteroatoms. The first-order valence-corrected chi connectivity index (χ1v) is 6.79. The summed E-state index contributed by atoms with van der Waals surface area (Å²) < 4.78 is 5.17. The Hall–Kier alpha value is -1.61. The van der Waals surface area contributed by atoms with Gasteiger partial charge in [0.1, 0.15) is 5.75 Å². The quantitative estimate of drug-likeness (QED) is 0.763. The summed E-state index contributed by atoms with van der Waals surface area (Å²) in [4.78, 5) is 12.9. The average molecular weight is 260 g/mol. The third kappa shape index (κ3) is 2.99. The van der Waals surface area contributed by atoms with Crippen molar-refractivity contribution in [1.29, 1.82) is 0 Å². The van der Waals surface area contributed by atoms with Crippen LogP contribution in [0.25, 0.3) is 0 Å². The van der Waals surface area contributed by atoms with Crippen LogP contribution < -0.4 is 4.74 Å². The summed E-state index contributed by atoms with van der Waals surface area (Å²) in [7, 11) is 1.65. The summed E-state index contributed by atoms with van der Waals surface area (Å²) in [5.74, 6) is 1.07. The van der Waals surface area contributed by atoms with Crippen LogP contribution in [0.3, 0.4) is 0 Å². The molecule has 0 N–H and O–H groups in total. The first-order chi connectivity index (χ1) is 8.70. The fourth-order valence-electron chi connectivity index (χ4n) is 1.86. The lowest BCUT2D eigenvalue weighted by Gasteiger charge is -2.04. The minimum Gasteiger partial charge on any atom is -0.497 e. The summed E-state index contributed by atoms with van der Waals surface area (Å²) in [5.41, 5.74) is 2.22. The highest BCUT2D eigenvalue weighted by molar-refractivity contribution is 7.12. The number of hydrogen-bond donors (Lipinski definition) is 0. The zero-order valence-electron chi connectivity index (χ0n) is 10.6. The molecule has 18 heavy (non-hydrogen) atoms. The molecule has 0 aliphatic carbocycles. The number of carbonyl (C=O) groups is 1. The second-order valence-electron chi connectivity index (χ2n) is 4.21. The topological polar surface area (TPSA) is 26.3 Å². The number of benzene rings is 1. The molecule has 1 heterocycles. The van der Waals surface area contributed by atoms with Gasteiger partial charge in [0, 0.05) is 6.42 Å². The Morgan fingerprint density at radius 2 is 2.17 bits per heavy atom. The van der Waals surface area contributed by atoms with Crippen LogP contribution in [0.15, 0.2) is 35.7 Å².